The quantitative estimate of drug-likeness (QED) is 0.836. The molecule has 7 heteroatoms. The van der Waals surface area contributed by atoms with Crippen LogP contribution in [-0.2, 0) is 22.4 Å². The first kappa shape index (κ1) is 18.4. The minimum Gasteiger partial charge on any atom is -0.550 e. The van der Waals surface area contributed by atoms with Crippen LogP contribution in [0.1, 0.15) is 60.8 Å². The van der Waals surface area contributed by atoms with Crippen molar-refractivity contribution >= 4 is 34.1 Å². The molecule has 0 spiro atoms. The van der Waals surface area contributed by atoms with Gasteiger partial charge >= 0.3 is 0 Å². The third kappa shape index (κ3) is 4.14. The molecule has 0 saturated carbocycles. The first-order valence-corrected chi connectivity index (χ1v) is 8.85. The molecule has 1 aliphatic rings. The Morgan fingerprint density at radius 2 is 1.96 bits per heavy atom. The van der Waals surface area contributed by atoms with Gasteiger partial charge in [0.2, 0.25) is 5.91 Å². The lowest BCUT2D eigenvalue weighted by molar-refractivity contribution is -0.305. The highest BCUT2D eigenvalue weighted by atomic mass is 32.1. The monoisotopic (exact) mass is 351 g/mol. The second-order valence-electron chi connectivity index (χ2n) is 7.30. The number of carboxylic acid groups (broad SMARTS) is 1. The molecule has 2 rings (SSSR count). The standard InChI is InChI=1S/C17H24N2O4S/c1-17(2,3)9-4-5-10-11(8-9)24-16(14(10)15(18)23)19-12(20)6-7-13(21)22/h9H,4-8H2,1-3H3,(H2,18,23)(H,19,20)(H,21,22)/p-1/t9-/m1/s1. The van der Waals surface area contributed by atoms with Crippen LogP contribution < -0.4 is 16.2 Å². The second-order valence-corrected chi connectivity index (χ2v) is 8.40. The van der Waals surface area contributed by atoms with Gasteiger partial charge in [-0.05, 0) is 42.6 Å². The highest BCUT2D eigenvalue weighted by Gasteiger charge is 2.33. The first-order chi connectivity index (χ1) is 11.1. The number of carbonyl (C=O) groups excluding carboxylic acids is 3. The molecule has 1 heterocycles. The average molecular weight is 351 g/mol. The second kappa shape index (κ2) is 6.93. The van der Waals surface area contributed by atoms with Gasteiger partial charge < -0.3 is 21.0 Å². The minimum atomic E-state index is -1.28. The van der Waals surface area contributed by atoms with Crippen molar-refractivity contribution in [3.8, 4) is 0 Å². The topological polar surface area (TPSA) is 112 Å². The van der Waals surface area contributed by atoms with Crippen LogP contribution in [0.15, 0.2) is 0 Å². The van der Waals surface area contributed by atoms with Gasteiger partial charge in [0.1, 0.15) is 5.00 Å². The zero-order chi connectivity index (χ0) is 18.1. The highest BCUT2D eigenvalue weighted by molar-refractivity contribution is 7.17. The molecule has 1 atom stereocenters. The number of carbonyl (C=O) groups is 3. The Morgan fingerprint density at radius 3 is 2.50 bits per heavy atom. The van der Waals surface area contributed by atoms with Gasteiger partial charge in [-0.15, -0.1) is 11.3 Å². The molecule has 0 aromatic carbocycles. The van der Waals surface area contributed by atoms with E-state index in [-0.39, 0.29) is 18.3 Å². The van der Waals surface area contributed by atoms with Gasteiger partial charge in [0.15, 0.2) is 0 Å². The van der Waals surface area contributed by atoms with Crippen LogP contribution in [0, 0.1) is 11.3 Å². The van der Waals surface area contributed by atoms with Crippen LogP contribution in [-0.4, -0.2) is 17.8 Å². The fraction of sp³-hybridized carbons (Fsp3) is 0.588. The maximum Gasteiger partial charge on any atom is 0.251 e. The van der Waals surface area contributed by atoms with E-state index in [1.165, 1.54) is 11.3 Å². The van der Waals surface area contributed by atoms with Crippen molar-refractivity contribution < 1.29 is 19.5 Å². The SMILES string of the molecule is CC(C)(C)[C@@H]1CCc2c(sc(NC(=O)CCC(=O)[O-])c2C(N)=O)C1. The number of nitrogens with two attached hydrogens (primary N) is 1. The van der Waals surface area contributed by atoms with Crippen molar-refractivity contribution in [3.63, 3.8) is 0 Å². The number of thiophene rings is 1. The number of carboxylic acids is 1. The van der Waals surface area contributed by atoms with E-state index >= 15 is 0 Å². The van der Waals surface area contributed by atoms with Crippen molar-refractivity contribution in [3.05, 3.63) is 16.0 Å². The molecule has 0 aliphatic heterocycles. The third-order valence-electron chi connectivity index (χ3n) is 4.55. The van der Waals surface area contributed by atoms with Crippen LogP contribution in [0.25, 0.3) is 0 Å². The van der Waals surface area contributed by atoms with Crippen LogP contribution >= 0.6 is 11.3 Å². The van der Waals surface area contributed by atoms with E-state index in [2.05, 4.69) is 26.1 Å². The summed E-state index contributed by atoms with van der Waals surface area (Å²) >= 11 is 1.38. The van der Waals surface area contributed by atoms with Gasteiger partial charge in [-0.25, -0.2) is 0 Å². The number of nitrogens with one attached hydrogen (secondary N) is 1. The molecule has 0 saturated heterocycles. The molecule has 1 aliphatic carbocycles. The number of anilines is 1. The molecule has 0 fully saturated rings. The summed E-state index contributed by atoms with van der Waals surface area (Å²) in [7, 11) is 0. The predicted octanol–water partition coefficient (Wildman–Crippen LogP) is 1.47. The van der Waals surface area contributed by atoms with Crippen molar-refractivity contribution in [2.45, 2.75) is 52.9 Å². The van der Waals surface area contributed by atoms with E-state index in [9.17, 15) is 19.5 Å². The number of rotatable bonds is 5. The number of aliphatic carboxylic acids is 1. The Labute approximate surface area is 145 Å². The zero-order valence-electron chi connectivity index (χ0n) is 14.2. The van der Waals surface area contributed by atoms with E-state index < -0.39 is 17.8 Å². The molecule has 132 valence electrons. The fourth-order valence-electron chi connectivity index (χ4n) is 3.08. The van der Waals surface area contributed by atoms with Gasteiger partial charge in [0.05, 0.1) is 5.56 Å². The first-order valence-electron chi connectivity index (χ1n) is 8.03. The smallest absolute Gasteiger partial charge is 0.251 e. The molecule has 1 aromatic heterocycles. The van der Waals surface area contributed by atoms with Gasteiger partial charge in [-0.2, -0.15) is 0 Å². The molecule has 0 bridgehead atoms. The van der Waals surface area contributed by atoms with Gasteiger partial charge in [-0.1, -0.05) is 20.8 Å². The zero-order valence-corrected chi connectivity index (χ0v) is 15.0. The van der Waals surface area contributed by atoms with Crippen LogP contribution in [0.4, 0.5) is 5.00 Å². The molecule has 2 amide bonds. The van der Waals surface area contributed by atoms with E-state index in [1.807, 2.05) is 0 Å². The molecular formula is C17H23N2O4S-. The lowest BCUT2D eigenvalue weighted by Crippen LogP contribution is -2.27. The Morgan fingerprint density at radius 1 is 1.29 bits per heavy atom. The molecular weight excluding hydrogens is 328 g/mol. The summed E-state index contributed by atoms with van der Waals surface area (Å²) in [5, 5.41) is 13.5. The van der Waals surface area contributed by atoms with E-state index in [4.69, 9.17) is 5.73 Å². The van der Waals surface area contributed by atoms with Crippen molar-refractivity contribution in [1.29, 1.82) is 0 Å². The highest BCUT2D eigenvalue weighted by Crippen LogP contribution is 2.44. The van der Waals surface area contributed by atoms with Crippen molar-refractivity contribution in [2.75, 3.05) is 5.32 Å². The van der Waals surface area contributed by atoms with Crippen molar-refractivity contribution in [1.82, 2.24) is 0 Å². The summed E-state index contributed by atoms with van der Waals surface area (Å²) in [6.07, 6.45) is 2.06. The van der Waals surface area contributed by atoms with E-state index in [1.54, 1.807) is 0 Å². The van der Waals surface area contributed by atoms with Crippen LogP contribution in [0.3, 0.4) is 0 Å². The van der Waals surface area contributed by atoms with E-state index in [0.29, 0.717) is 16.5 Å². The molecule has 0 unspecified atom stereocenters. The largest absolute Gasteiger partial charge is 0.550 e. The van der Waals surface area contributed by atoms with Gasteiger partial charge in [0, 0.05) is 17.3 Å². The summed E-state index contributed by atoms with van der Waals surface area (Å²) in [4.78, 5) is 35.3. The lowest BCUT2D eigenvalue weighted by atomic mass is 9.72. The van der Waals surface area contributed by atoms with Crippen LogP contribution in [0.5, 0.6) is 0 Å². The third-order valence-corrected chi connectivity index (χ3v) is 5.72. The summed E-state index contributed by atoms with van der Waals surface area (Å²) in [6.45, 7) is 6.61. The van der Waals surface area contributed by atoms with Gasteiger partial charge in [-0.3, -0.25) is 9.59 Å². The van der Waals surface area contributed by atoms with Gasteiger partial charge in [0.25, 0.3) is 5.91 Å². The number of hydrogen-bond donors (Lipinski definition) is 2. The number of fused-ring (bicyclic) bond motifs is 1. The van der Waals surface area contributed by atoms with Crippen molar-refractivity contribution in [2.24, 2.45) is 17.1 Å². The molecule has 3 N–H and O–H groups in total. The Balaban J connectivity index is 2.24. The molecule has 0 radical (unpaired) electrons. The number of amides is 2. The van der Waals surface area contributed by atoms with Crippen LogP contribution in [0.2, 0.25) is 0 Å². The van der Waals surface area contributed by atoms with E-state index in [0.717, 1.165) is 29.7 Å². The fourth-order valence-corrected chi connectivity index (χ4v) is 4.43. The Kier molecular flexibility index (Phi) is 5.32. The normalized spacial score (nSPS) is 17.2. The summed E-state index contributed by atoms with van der Waals surface area (Å²) in [5.74, 6) is -1.78. The summed E-state index contributed by atoms with van der Waals surface area (Å²) in [6, 6.07) is 0. The number of hydrogen-bond acceptors (Lipinski definition) is 5. The summed E-state index contributed by atoms with van der Waals surface area (Å²) in [5.41, 5.74) is 7.00. The maximum atomic E-state index is 11.9. The average Bonchev–Trinajstić information content (AvgIpc) is 2.80. The molecule has 24 heavy (non-hydrogen) atoms. The maximum absolute atomic E-state index is 11.9. The Hall–Kier alpha value is -1.89. The lowest BCUT2D eigenvalue weighted by Gasteiger charge is -2.33. The predicted molar refractivity (Wildman–Crippen MR) is 90.7 cm³/mol. The Bertz CT molecular complexity index is 673. The molecule has 6 nitrogen and oxygen atoms in total. The summed E-state index contributed by atoms with van der Waals surface area (Å²) < 4.78 is 0. The minimum absolute atomic E-state index is 0.173. The number of primary amides is 1. The molecule has 1 aromatic rings.